The Morgan fingerprint density at radius 1 is 1.05 bits per heavy atom. The lowest BCUT2D eigenvalue weighted by atomic mass is 9.95. The SMILES string of the molecule is O=C(CNC1CCCCC1)c1ccc2c(c1)CCC2. The van der Waals surface area contributed by atoms with Gasteiger partial charge in [0.25, 0.3) is 0 Å². The van der Waals surface area contributed by atoms with E-state index in [1.54, 1.807) is 0 Å². The van der Waals surface area contributed by atoms with E-state index in [0.717, 1.165) is 12.0 Å². The molecule has 1 N–H and O–H groups in total. The molecule has 0 atom stereocenters. The van der Waals surface area contributed by atoms with Crippen molar-refractivity contribution in [3.63, 3.8) is 0 Å². The summed E-state index contributed by atoms with van der Waals surface area (Å²) in [4.78, 5) is 12.2. The highest BCUT2D eigenvalue weighted by molar-refractivity contribution is 5.97. The van der Waals surface area contributed by atoms with Gasteiger partial charge in [0.1, 0.15) is 0 Å². The van der Waals surface area contributed by atoms with Crippen LogP contribution >= 0.6 is 0 Å². The minimum atomic E-state index is 0.250. The zero-order chi connectivity index (χ0) is 13.1. The third-order valence-corrected chi connectivity index (χ3v) is 4.58. The van der Waals surface area contributed by atoms with E-state index in [4.69, 9.17) is 0 Å². The van der Waals surface area contributed by atoms with Gasteiger partial charge in [0.05, 0.1) is 6.54 Å². The second-order valence-corrected chi connectivity index (χ2v) is 5.98. The van der Waals surface area contributed by atoms with Gasteiger partial charge in [-0.15, -0.1) is 0 Å². The number of fused-ring (bicyclic) bond motifs is 1. The number of ketones is 1. The van der Waals surface area contributed by atoms with Crippen molar-refractivity contribution in [2.45, 2.75) is 57.4 Å². The van der Waals surface area contributed by atoms with Gasteiger partial charge in [-0.1, -0.05) is 31.4 Å². The van der Waals surface area contributed by atoms with Crippen LogP contribution in [0.5, 0.6) is 0 Å². The number of benzene rings is 1. The number of rotatable bonds is 4. The van der Waals surface area contributed by atoms with Crippen LogP contribution in [-0.2, 0) is 12.8 Å². The van der Waals surface area contributed by atoms with Crippen molar-refractivity contribution in [3.05, 3.63) is 34.9 Å². The van der Waals surface area contributed by atoms with Gasteiger partial charge in [-0.3, -0.25) is 4.79 Å². The third kappa shape index (κ3) is 3.06. The zero-order valence-electron chi connectivity index (χ0n) is 11.6. The van der Waals surface area contributed by atoms with Crippen LogP contribution in [0.2, 0.25) is 0 Å². The number of aryl methyl sites for hydroxylation is 2. The first kappa shape index (κ1) is 12.9. The van der Waals surface area contributed by atoms with Crippen LogP contribution in [0.15, 0.2) is 18.2 Å². The summed E-state index contributed by atoms with van der Waals surface area (Å²) in [5.74, 6) is 0.250. The van der Waals surface area contributed by atoms with Gasteiger partial charge < -0.3 is 5.32 Å². The van der Waals surface area contributed by atoms with Crippen molar-refractivity contribution in [2.75, 3.05) is 6.54 Å². The van der Waals surface area contributed by atoms with E-state index in [9.17, 15) is 4.79 Å². The summed E-state index contributed by atoms with van der Waals surface area (Å²) < 4.78 is 0. The van der Waals surface area contributed by atoms with E-state index >= 15 is 0 Å². The average Bonchev–Trinajstić information content (AvgIpc) is 2.93. The molecule has 2 nitrogen and oxygen atoms in total. The van der Waals surface area contributed by atoms with E-state index in [1.807, 2.05) is 6.07 Å². The van der Waals surface area contributed by atoms with E-state index in [-0.39, 0.29) is 5.78 Å². The molecule has 0 amide bonds. The summed E-state index contributed by atoms with van der Waals surface area (Å²) >= 11 is 0. The van der Waals surface area contributed by atoms with Crippen LogP contribution in [-0.4, -0.2) is 18.4 Å². The predicted molar refractivity (Wildman–Crippen MR) is 77.7 cm³/mol. The van der Waals surface area contributed by atoms with Crippen molar-refractivity contribution in [1.82, 2.24) is 5.32 Å². The molecule has 1 fully saturated rings. The highest BCUT2D eigenvalue weighted by atomic mass is 16.1. The number of hydrogen-bond donors (Lipinski definition) is 1. The lowest BCUT2D eigenvalue weighted by molar-refractivity contribution is 0.0984. The first-order valence-corrected chi connectivity index (χ1v) is 7.71. The second kappa shape index (κ2) is 5.87. The van der Waals surface area contributed by atoms with Gasteiger partial charge in [0, 0.05) is 11.6 Å². The Labute approximate surface area is 115 Å². The average molecular weight is 257 g/mol. The quantitative estimate of drug-likeness (QED) is 0.839. The molecule has 1 saturated carbocycles. The molecule has 2 aliphatic rings. The Balaban J connectivity index is 1.57. The van der Waals surface area contributed by atoms with Crippen LogP contribution < -0.4 is 5.32 Å². The molecule has 19 heavy (non-hydrogen) atoms. The highest BCUT2D eigenvalue weighted by Gasteiger charge is 2.16. The van der Waals surface area contributed by atoms with Crippen LogP contribution in [0, 0.1) is 0 Å². The molecule has 2 aliphatic carbocycles. The topological polar surface area (TPSA) is 29.1 Å². The smallest absolute Gasteiger partial charge is 0.176 e. The van der Waals surface area contributed by atoms with Crippen molar-refractivity contribution in [2.24, 2.45) is 0 Å². The van der Waals surface area contributed by atoms with Crippen LogP contribution in [0.4, 0.5) is 0 Å². The maximum absolute atomic E-state index is 12.2. The van der Waals surface area contributed by atoms with Gasteiger partial charge in [-0.25, -0.2) is 0 Å². The van der Waals surface area contributed by atoms with Crippen molar-refractivity contribution < 1.29 is 4.79 Å². The summed E-state index contributed by atoms with van der Waals surface area (Å²) in [7, 11) is 0. The monoisotopic (exact) mass is 257 g/mol. The molecule has 0 unspecified atom stereocenters. The fraction of sp³-hybridized carbons (Fsp3) is 0.588. The lowest BCUT2D eigenvalue weighted by Crippen LogP contribution is -2.35. The fourth-order valence-electron chi connectivity index (χ4n) is 3.39. The minimum Gasteiger partial charge on any atom is -0.307 e. The lowest BCUT2D eigenvalue weighted by Gasteiger charge is -2.22. The van der Waals surface area contributed by atoms with E-state index < -0.39 is 0 Å². The number of carbonyl (C=O) groups is 1. The Morgan fingerprint density at radius 3 is 2.68 bits per heavy atom. The molecule has 102 valence electrons. The standard InChI is InChI=1S/C17H23NO/c19-17(12-18-16-7-2-1-3-8-16)15-10-9-13-5-4-6-14(13)11-15/h9-11,16,18H,1-8,12H2. The van der Waals surface area contributed by atoms with E-state index in [2.05, 4.69) is 17.4 Å². The predicted octanol–water partition coefficient (Wildman–Crippen LogP) is 3.28. The molecule has 2 heteroatoms. The number of carbonyl (C=O) groups excluding carboxylic acids is 1. The number of hydrogen-bond acceptors (Lipinski definition) is 2. The molecule has 0 saturated heterocycles. The number of nitrogens with one attached hydrogen (secondary N) is 1. The van der Waals surface area contributed by atoms with Crippen LogP contribution in [0.1, 0.15) is 60.0 Å². The van der Waals surface area contributed by atoms with Crippen molar-refractivity contribution >= 4 is 5.78 Å². The molecule has 0 aliphatic heterocycles. The van der Waals surface area contributed by atoms with E-state index in [1.165, 1.54) is 56.1 Å². The van der Waals surface area contributed by atoms with Crippen LogP contribution in [0.25, 0.3) is 0 Å². The molecule has 1 aromatic carbocycles. The largest absolute Gasteiger partial charge is 0.307 e. The highest BCUT2D eigenvalue weighted by Crippen LogP contribution is 2.23. The summed E-state index contributed by atoms with van der Waals surface area (Å²) in [6.45, 7) is 0.503. The Bertz CT molecular complexity index is 460. The molecular formula is C17H23NO. The second-order valence-electron chi connectivity index (χ2n) is 5.98. The minimum absolute atomic E-state index is 0.250. The maximum atomic E-state index is 12.2. The molecule has 0 heterocycles. The molecular weight excluding hydrogens is 234 g/mol. The van der Waals surface area contributed by atoms with Crippen LogP contribution in [0.3, 0.4) is 0 Å². The summed E-state index contributed by atoms with van der Waals surface area (Å²) in [5, 5.41) is 3.44. The Kier molecular flexibility index (Phi) is 3.97. The van der Waals surface area contributed by atoms with Gasteiger partial charge in [0.15, 0.2) is 5.78 Å². The zero-order valence-corrected chi connectivity index (χ0v) is 11.6. The number of Topliss-reactive ketones (excluding diaryl/α,β-unsaturated/α-hetero) is 1. The fourth-order valence-corrected chi connectivity index (χ4v) is 3.39. The van der Waals surface area contributed by atoms with Crippen molar-refractivity contribution in [3.8, 4) is 0 Å². The molecule has 1 aromatic rings. The Hall–Kier alpha value is -1.15. The maximum Gasteiger partial charge on any atom is 0.176 e. The Morgan fingerprint density at radius 2 is 1.84 bits per heavy atom. The van der Waals surface area contributed by atoms with Gasteiger partial charge in [-0.05, 0) is 49.3 Å². The summed E-state index contributed by atoms with van der Waals surface area (Å²) in [6, 6.07) is 6.84. The first-order chi connectivity index (χ1) is 9.33. The summed E-state index contributed by atoms with van der Waals surface area (Å²) in [5.41, 5.74) is 3.73. The van der Waals surface area contributed by atoms with Gasteiger partial charge >= 0.3 is 0 Å². The van der Waals surface area contributed by atoms with Gasteiger partial charge in [0.2, 0.25) is 0 Å². The van der Waals surface area contributed by atoms with Gasteiger partial charge in [-0.2, -0.15) is 0 Å². The summed E-state index contributed by atoms with van der Waals surface area (Å²) in [6.07, 6.45) is 10.0. The first-order valence-electron chi connectivity index (χ1n) is 7.71. The van der Waals surface area contributed by atoms with E-state index in [0.29, 0.717) is 12.6 Å². The molecule has 3 rings (SSSR count). The molecule has 0 spiro atoms. The molecule has 0 aromatic heterocycles. The molecule has 0 radical (unpaired) electrons. The molecule has 0 bridgehead atoms. The van der Waals surface area contributed by atoms with Crippen molar-refractivity contribution in [1.29, 1.82) is 0 Å². The normalized spacial score (nSPS) is 19.4. The third-order valence-electron chi connectivity index (χ3n) is 4.58.